The number of carboxylic acid groups (broad SMARTS) is 1. The van der Waals surface area contributed by atoms with E-state index in [9.17, 15) is 9.59 Å². The summed E-state index contributed by atoms with van der Waals surface area (Å²) in [4.78, 5) is 23.9. The van der Waals surface area contributed by atoms with Crippen LogP contribution in [-0.4, -0.2) is 46.1 Å². The molecule has 98 valence electrons. The quantitative estimate of drug-likeness (QED) is 0.806. The van der Waals surface area contributed by atoms with Crippen molar-refractivity contribution in [3.63, 3.8) is 0 Å². The van der Waals surface area contributed by atoms with Crippen LogP contribution in [0.15, 0.2) is 18.3 Å². The fourth-order valence-corrected chi connectivity index (χ4v) is 2.47. The van der Waals surface area contributed by atoms with Gasteiger partial charge in [0.25, 0.3) is 0 Å². The minimum Gasteiger partial charge on any atom is -0.477 e. The van der Waals surface area contributed by atoms with E-state index in [4.69, 9.17) is 10.8 Å². The topological polar surface area (TPSA) is 88.6 Å². The number of carboxylic acids is 1. The summed E-state index contributed by atoms with van der Waals surface area (Å²) in [5.74, 6) is -1.22. The van der Waals surface area contributed by atoms with Crippen LogP contribution in [0.25, 0.3) is 0 Å². The molecule has 0 spiro atoms. The third-order valence-electron chi connectivity index (χ3n) is 3.33. The van der Waals surface area contributed by atoms with Crippen LogP contribution in [0, 0.1) is 0 Å². The summed E-state index contributed by atoms with van der Waals surface area (Å²) in [6.07, 6.45) is 3.47. The van der Waals surface area contributed by atoms with Crippen molar-refractivity contribution in [3.8, 4) is 0 Å². The van der Waals surface area contributed by atoms with Gasteiger partial charge in [-0.25, -0.2) is 4.79 Å². The van der Waals surface area contributed by atoms with E-state index in [1.807, 2.05) is 9.47 Å². The first-order chi connectivity index (χ1) is 8.58. The zero-order chi connectivity index (χ0) is 13.1. The minimum absolute atomic E-state index is 0.190. The molecule has 2 heterocycles. The Morgan fingerprint density at radius 1 is 1.39 bits per heavy atom. The first-order valence-corrected chi connectivity index (χ1v) is 5.98. The van der Waals surface area contributed by atoms with Gasteiger partial charge in [-0.2, -0.15) is 0 Å². The third kappa shape index (κ3) is 2.70. The fourth-order valence-electron chi connectivity index (χ4n) is 2.47. The number of rotatable bonds is 4. The number of amides is 1. The molecule has 3 N–H and O–H groups in total. The van der Waals surface area contributed by atoms with Crippen LogP contribution in [0.1, 0.15) is 29.4 Å². The van der Waals surface area contributed by atoms with E-state index in [-0.39, 0.29) is 18.5 Å². The van der Waals surface area contributed by atoms with Gasteiger partial charge >= 0.3 is 5.97 Å². The summed E-state index contributed by atoms with van der Waals surface area (Å²) in [6, 6.07) is 3.55. The normalized spacial score (nSPS) is 17.8. The molecule has 6 nitrogen and oxygen atoms in total. The molecule has 1 aliphatic rings. The molecular weight excluding hydrogens is 234 g/mol. The second kappa shape index (κ2) is 5.22. The lowest BCUT2D eigenvalue weighted by Gasteiger charge is -2.32. The number of hydrogen-bond donors (Lipinski definition) is 2. The number of carbonyl (C=O) groups excluding carboxylic acids is 1. The van der Waals surface area contributed by atoms with Crippen LogP contribution in [0.3, 0.4) is 0 Å². The third-order valence-corrected chi connectivity index (χ3v) is 3.33. The molecule has 0 radical (unpaired) electrons. The summed E-state index contributed by atoms with van der Waals surface area (Å²) in [5, 5.41) is 9.06. The van der Waals surface area contributed by atoms with Crippen molar-refractivity contribution in [2.24, 2.45) is 5.73 Å². The van der Waals surface area contributed by atoms with Gasteiger partial charge in [0.2, 0.25) is 5.91 Å². The van der Waals surface area contributed by atoms with Crippen molar-refractivity contribution >= 4 is 11.9 Å². The van der Waals surface area contributed by atoms with E-state index in [0.717, 1.165) is 25.9 Å². The second-order valence-electron chi connectivity index (χ2n) is 4.58. The van der Waals surface area contributed by atoms with E-state index in [1.54, 1.807) is 18.3 Å². The van der Waals surface area contributed by atoms with Crippen LogP contribution in [-0.2, 0) is 4.79 Å². The van der Waals surface area contributed by atoms with Crippen LogP contribution in [0.2, 0.25) is 0 Å². The maximum Gasteiger partial charge on any atom is 0.352 e. The van der Waals surface area contributed by atoms with Gasteiger partial charge in [0, 0.05) is 25.3 Å². The Morgan fingerprint density at radius 3 is 2.61 bits per heavy atom. The second-order valence-corrected chi connectivity index (χ2v) is 4.58. The highest BCUT2D eigenvalue weighted by Crippen LogP contribution is 2.24. The zero-order valence-electron chi connectivity index (χ0n) is 10.1. The predicted octanol–water partition coefficient (Wildman–Crippen LogP) is 0.308. The predicted molar refractivity (Wildman–Crippen MR) is 65.3 cm³/mol. The van der Waals surface area contributed by atoms with Crippen molar-refractivity contribution in [1.82, 2.24) is 9.47 Å². The Labute approximate surface area is 105 Å². The molecule has 0 aliphatic carbocycles. The molecule has 0 atom stereocenters. The molecule has 6 heteroatoms. The van der Waals surface area contributed by atoms with Crippen molar-refractivity contribution < 1.29 is 14.7 Å². The first-order valence-electron chi connectivity index (χ1n) is 5.98. The SMILES string of the molecule is NC(=O)CN1CCC(n2cccc2C(=O)O)CC1. The molecule has 0 unspecified atom stereocenters. The summed E-state index contributed by atoms with van der Waals surface area (Å²) in [6.45, 7) is 1.82. The van der Waals surface area contributed by atoms with Gasteiger partial charge in [-0.15, -0.1) is 0 Å². The number of aromatic carboxylic acids is 1. The van der Waals surface area contributed by atoms with E-state index in [1.165, 1.54) is 0 Å². The van der Waals surface area contributed by atoms with Crippen LogP contribution >= 0.6 is 0 Å². The molecule has 0 bridgehead atoms. The Kier molecular flexibility index (Phi) is 3.66. The largest absolute Gasteiger partial charge is 0.477 e. The van der Waals surface area contributed by atoms with Gasteiger partial charge in [0.05, 0.1) is 6.54 Å². The first kappa shape index (κ1) is 12.6. The monoisotopic (exact) mass is 251 g/mol. The minimum atomic E-state index is -0.903. The van der Waals surface area contributed by atoms with Crippen molar-refractivity contribution in [2.45, 2.75) is 18.9 Å². The van der Waals surface area contributed by atoms with Crippen LogP contribution < -0.4 is 5.73 Å². The van der Waals surface area contributed by atoms with Crippen LogP contribution in [0.4, 0.5) is 0 Å². The average Bonchev–Trinajstić information content (AvgIpc) is 2.78. The van der Waals surface area contributed by atoms with E-state index < -0.39 is 5.97 Å². The number of carbonyl (C=O) groups is 2. The number of piperidine rings is 1. The molecule has 1 aromatic rings. The van der Waals surface area contributed by atoms with Crippen molar-refractivity contribution in [2.75, 3.05) is 19.6 Å². The van der Waals surface area contributed by atoms with Gasteiger partial charge in [-0.1, -0.05) is 0 Å². The van der Waals surface area contributed by atoms with Crippen molar-refractivity contribution in [3.05, 3.63) is 24.0 Å². The highest BCUT2D eigenvalue weighted by Gasteiger charge is 2.23. The van der Waals surface area contributed by atoms with Gasteiger partial charge in [0.1, 0.15) is 5.69 Å². The zero-order valence-corrected chi connectivity index (χ0v) is 10.1. The lowest BCUT2D eigenvalue weighted by Crippen LogP contribution is -2.40. The molecule has 1 aromatic heterocycles. The number of nitrogens with two attached hydrogens (primary N) is 1. The molecule has 1 saturated heterocycles. The summed E-state index contributed by atoms with van der Waals surface area (Å²) < 4.78 is 1.81. The maximum atomic E-state index is 11.0. The molecule has 18 heavy (non-hydrogen) atoms. The molecule has 2 rings (SSSR count). The van der Waals surface area contributed by atoms with E-state index in [0.29, 0.717) is 5.69 Å². The van der Waals surface area contributed by atoms with Crippen molar-refractivity contribution in [1.29, 1.82) is 0 Å². The van der Waals surface area contributed by atoms with Gasteiger partial charge in [0.15, 0.2) is 0 Å². The van der Waals surface area contributed by atoms with Gasteiger partial charge in [-0.3, -0.25) is 9.69 Å². The Hall–Kier alpha value is -1.82. The Bertz CT molecular complexity index is 447. The van der Waals surface area contributed by atoms with E-state index in [2.05, 4.69) is 0 Å². The lowest BCUT2D eigenvalue weighted by atomic mass is 10.0. The number of likely N-dealkylation sites (tertiary alicyclic amines) is 1. The Balaban J connectivity index is 1.99. The fraction of sp³-hybridized carbons (Fsp3) is 0.500. The standard InChI is InChI=1S/C12H17N3O3/c13-11(16)8-14-6-3-9(4-7-14)15-5-1-2-10(15)12(17)18/h1-2,5,9H,3-4,6-8H2,(H2,13,16)(H,17,18). The maximum absolute atomic E-state index is 11.0. The number of primary amides is 1. The number of aromatic nitrogens is 1. The highest BCUT2D eigenvalue weighted by atomic mass is 16.4. The molecule has 0 saturated carbocycles. The summed E-state index contributed by atoms with van der Waals surface area (Å²) in [7, 11) is 0. The lowest BCUT2D eigenvalue weighted by molar-refractivity contribution is -0.119. The average molecular weight is 251 g/mol. The molecule has 1 aliphatic heterocycles. The molecule has 0 aromatic carbocycles. The smallest absolute Gasteiger partial charge is 0.352 e. The van der Waals surface area contributed by atoms with E-state index >= 15 is 0 Å². The number of nitrogens with zero attached hydrogens (tertiary/aromatic N) is 2. The summed E-state index contributed by atoms with van der Waals surface area (Å²) >= 11 is 0. The van der Waals surface area contributed by atoms with Gasteiger partial charge < -0.3 is 15.4 Å². The molecule has 1 amide bonds. The Morgan fingerprint density at radius 2 is 2.06 bits per heavy atom. The van der Waals surface area contributed by atoms with Gasteiger partial charge in [-0.05, 0) is 25.0 Å². The number of hydrogen-bond acceptors (Lipinski definition) is 3. The highest BCUT2D eigenvalue weighted by molar-refractivity contribution is 5.85. The molecule has 1 fully saturated rings. The molecular formula is C12H17N3O3. The van der Waals surface area contributed by atoms with Crippen LogP contribution in [0.5, 0.6) is 0 Å². The summed E-state index contributed by atoms with van der Waals surface area (Å²) in [5.41, 5.74) is 5.48.